The van der Waals surface area contributed by atoms with Gasteiger partial charge in [-0.05, 0) is 60.7 Å². The molecule has 0 fully saturated rings. The van der Waals surface area contributed by atoms with Gasteiger partial charge in [0.05, 0.1) is 5.30 Å². The predicted octanol–water partition coefficient (Wildman–Crippen LogP) is 5.59. The zero-order valence-electron chi connectivity index (χ0n) is 19.2. The van der Waals surface area contributed by atoms with Crippen molar-refractivity contribution in [2.75, 3.05) is 0 Å². The smallest absolute Gasteiger partial charge is 0.335 e. The van der Waals surface area contributed by atoms with Crippen LogP contribution in [0.1, 0.15) is 25.3 Å². The van der Waals surface area contributed by atoms with Gasteiger partial charge in [-0.2, -0.15) is 0 Å². The van der Waals surface area contributed by atoms with E-state index in [4.69, 9.17) is 4.74 Å². The number of hydrogen-bond donors (Lipinski definition) is 0. The Hall–Kier alpha value is -3.63. The molecule has 0 aliphatic heterocycles. The maximum absolute atomic E-state index is 15.2. The second kappa shape index (κ2) is 10.3. The van der Waals surface area contributed by atoms with Crippen molar-refractivity contribution in [2.45, 2.75) is 26.2 Å². The quantitative estimate of drug-likeness (QED) is 0.140. The van der Waals surface area contributed by atoms with Gasteiger partial charge in [0.1, 0.15) is 22.8 Å². The van der Waals surface area contributed by atoms with Crippen LogP contribution in [0.3, 0.4) is 0 Å². The minimum absolute atomic E-state index is 0.106. The molecule has 1 heterocycles. The molecule has 7 heteroatoms. The molecule has 4 rings (SSSR count). The topological polar surface area (TPSA) is 56.3 Å². The highest BCUT2D eigenvalue weighted by atomic mass is 31.2. The van der Waals surface area contributed by atoms with Crippen LogP contribution in [-0.2, 0) is 15.8 Å². The van der Waals surface area contributed by atoms with E-state index in [0.29, 0.717) is 11.8 Å². The van der Waals surface area contributed by atoms with E-state index in [1.807, 2.05) is 19.1 Å². The molecule has 35 heavy (non-hydrogen) atoms. The first-order valence-corrected chi connectivity index (χ1v) is 13.0. The van der Waals surface area contributed by atoms with Gasteiger partial charge in [-0.25, -0.2) is 13.6 Å². The van der Waals surface area contributed by atoms with Crippen molar-refractivity contribution in [3.8, 4) is 5.75 Å². The molecule has 0 amide bonds. The highest BCUT2D eigenvalue weighted by Crippen LogP contribution is 2.47. The number of fused-ring (bicyclic) bond motifs is 1. The molecule has 0 saturated heterocycles. The van der Waals surface area contributed by atoms with E-state index >= 15 is 8.96 Å². The minimum atomic E-state index is -3.88. The van der Waals surface area contributed by atoms with Gasteiger partial charge in [0, 0.05) is 28.5 Å². The third-order valence-electron chi connectivity index (χ3n) is 5.81. The number of halogens is 2. The third kappa shape index (κ3) is 4.67. The second-order valence-electron chi connectivity index (χ2n) is 8.04. The fourth-order valence-electron chi connectivity index (χ4n) is 4.06. The second-order valence-corrected chi connectivity index (χ2v) is 10.7. The van der Waals surface area contributed by atoms with E-state index in [1.165, 1.54) is 36.4 Å². The van der Waals surface area contributed by atoms with E-state index < -0.39 is 24.7 Å². The van der Waals surface area contributed by atoms with Crippen LogP contribution in [-0.4, -0.2) is 11.0 Å². The van der Waals surface area contributed by atoms with Crippen LogP contribution in [0, 0.1) is 11.6 Å². The number of ether oxygens (including phenoxy) is 1. The van der Waals surface area contributed by atoms with E-state index in [9.17, 15) is 9.18 Å². The van der Waals surface area contributed by atoms with Crippen molar-refractivity contribution in [3.63, 3.8) is 0 Å². The van der Waals surface area contributed by atoms with E-state index in [0.717, 1.165) is 17.9 Å². The third-order valence-corrected chi connectivity index (χ3v) is 8.82. The van der Waals surface area contributed by atoms with Crippen molar-refractivity contribution in [2.24, 2.45) is 0 Å². The molecule has 0 aliphatic rings. The number of esters is 1. The van der Waals surface area contributed by atoms with Gasteiger partial charge in [0.2, 0.25) is 0 Å². The first kappa shape index (κ1) is 24.5. The molecule has 0 aliphatic carbocycles. The Balaban J connectivity index is 2.11. The molecule has 0 spiro atoms. The van der Waals surface area contributed by atoms with Crippen LogP contribution in [0.25, 0.3) is 10.8 Å². The Labute approximate surface area is 202 Å². The van der Waals surface area contributed by atoms with Crippen molar-refractivity contribution in [1.82, 2.24) is 4.98 Å². The molecule has 0 radical (unpaired) electrons. The molecular weight excluding hydrogens is 467 g/mol. The maximum atomic E-state index is 15.2. The summed E-state index contributed by atoms with van der Waals surface area (Å²) in [7, 11) is -3.88. The summed E-state index contributed by atoms with van der Waals surface area (Å²) < 4.78 is 49.7. The lowest BCUT2D eigenvalue weighted by molar-refractivity contribution is -0.128. The Bertz CT molecular complexity index is 1450. The molecule has 0 saturated carbocycles. The summed E-state index contributed by atoms with van der Waals surface area (Å²) in [6.45, 7) is 5.40. The maximum Gasteiger partial charge on any atom is 0.335 e. The molecule has 0 bridgehead atoms. The molecule has 4 aromatic rings. The number of nitrogens with zero attached hydrogens (tertiary/aromatic N) is 1. The van der Waals surface area contributed by atoms with Gasteiger partial charge in [-0.3, -0.25) is 4.98 Å². The molecule has 0 N–H and O–H groups in total. The normalized spacial score (nSPS) is 12.8. The van der Waals surface area contributed by atoms with Crippen LogP contribution in [0.5, 0.6) is 5.75 Å². The predicted molar refractivity (Wildman–Crippen MR) is 135 cm³/mol. The summed E-state index contributed by atoms with van der Waals surface area (Å²) in [5.41, 5.74) is 0.397. The number of rotatable bonds is 8. The van der Waals surface area contributed by atoms with Crippen LogP contribution < -0.4 is 20.8 Å². The van der Waals surface area contributed by atoms with Crippen LogP contribution in [0.4, 0.5) is 8.78 Å². The molecule has 1 atom stereocenters. The van der Waals surface area contributed by atoms with Crippen molar-refractivity contribution >= 4 is 39.9 Å². The standard InChI is InChI=1S/C28H24F2NO3P/c1-3-5-9-23-24(30)15-16-25(27(23)34-26(32)4-2)35(33,21-13-11-20(29)12-14-21)28-22-10-7-6-8-19(22)17-18-31-28/h4,6-8,10-18H,2-3,5,9H2,1H3. The summed E-state index contributed by atoms with van der Waals surface area (Å²) in [5, 5.41) is 1.84. The molecule has 1 unspecified atom stereocenters. The van der Waals surface area contributed by atoms with Crippen molar-refractivity contribution < 1.29 is 22.9 Å². The fraction of sp³-hybridized carbons (Fsp3) is 0.143. The van der Waals surface area contributed by atoms with Gasteiger partial charge in [0.15, 0.2) is 7.14 Å². The molecule has 3 aromatic carbocycles. The number of carbonyl (C=O) groups excluding carboxylic acids is 1. The zero-order valence-corrected chi connectivity index (χ0v) is 20.1. The average Bonchev–Trinajstić information content (AvgIpc) is 2.88. The monoisotopic (exact) mass is 491 g/mol. The summed E-state index contributed by atoms with van der Waals surface area (Å²) in [6, 6.07) is 17.0. The molecular formula is C28H24F2NO3P. The number of carbonyl (C=O) groups is 1. The number of aromatic nitrogens is 1. The summed E-state index contributed by atoms with van der Waals surface area (Å²) in [5.74, 6) is -1.96. The summed E-state index contributed by atoms with van der Waals surface area (Å²) in [6.07, 6.45) is 4.20. The van der Waals surface area contributed by atoms with Gasteiger partial charge < -0.3 is 9.30 Å². The Kier molecular flexibility index (Phi) is 7.23. The van der Waals surface area contributed by atoms with E-state index in [2.05, 4.69) is 11.6 Å². The Morgan fingerprint density at radius 2 is 1.80 bits per heavy atom. The number of hydrogen-bond acceptors (Lipinski definition) is 4. The summed E-state index contributed by atoms with van der Waals surface area (Å²) >= 11 is 0. The van der Waals surface area contributed by atoms with Gasteiger partial charge >= 0.3 is 5.97 Å². The molecule has 1 aromatic heterocycles. The lowest BCUT2D eigenvalue weighted by Gasteiger charge is -2.24. The molecule has 178 valence electrons. The number of benzene rings is 3. The average molecular weight is 491 g/mol. The number of pyridine rings is 1. The highest BCUT2D eigenvalue weighted by molar-refractivity contribution is 7.85. The van der Waals surface area contributed by atoms with E-state index in [-0.39, 0.29) is 33.8 Å². The van der Waals surface area contributed by atoms with Gasteiger partial charge in [-0.15, -0.1) is 0 Å². The van der Waals surface area contributed by atoms with Crippen LogP contribution in [0.2, 0.25) is 0 Å². The first-order chi connectivity index (χ1) is 16.9. The molecule has 4 nitrogen and oxygen atoms in total. The van der Waals surface area contributed by atoms with Crippen LogP contribution in [0.15, 0.2) is 85.6 Å². The Morgan fingerprint density at radius 3 is 2.51 bits per heavy atom. The highest BCUT2D eigenvalue weighted by Gasteiger charge is 2.37. The Morgan fingerprint density at radius 1 is 1.06 bits per heavy atom. The van der Waals surface area contributed by atoms with Gasteiger partial charge in [-0.1, -0.05) is 44.2 Å². The van der Waals surface area contributed by atoms with Crippen molar-refractivity contribution in [3.05, 3.63) is 103 Å². The zero-order chi connectivity index (χ0) is 25.0. The first-order valence-electron chi connectivity index (χ1n) is 11.3. The lowest BCUT2D eigenvalue weighted by Crippen LogP contribution is -2.30. The van der Waals surface area contributed by atoms with Gasteiger partial charge in [0.25, 0.3) is 0 Å². The van der Waals surface area contributed by atoms with Crippen LogP contribution >= 0.6 is 7.14 Å². The summed E-state index contributed by atoms with van der Waals surface area (Å²) in [4.78, 5) is 16.8. The minimum Gasteiger partial charge on any atom is -0.422 e. The number of unbranched alkanes of at least 4 members (excludes halogenated alkanes) is 1. The largest absolute Gasteiger partial charge is 0.422 e. The van der Waals surface area contributed by atoms with E-state index in [1.54, 1.807) is 24.4 Å². The SMILES string of the molecule is C=CC(=O)Oc1c(P(=O)(c2ccc(F)cc2)c2nccc3ccccc23)ccc(F)c1CCCC. The fourth-order valence-corrected chi connectivity index (χ4v) is 6.91. The van der Waals surface area contributed by atoms with Crippen molar-refractivity contribution in [1.29, 1.82) is 0 Å². The lowest BCUT2D eigenvalue weighted by atomic mass is 10.1.